The molecule has 0 spiro atoms. The molecule has 0 unspecified atom stereocenters. The SMILES string of the molecule is CC(=O)[P+]12C3(C(C)(C)C)P4C5(C(C)(C)C)P3C1(C(C)(C)C)P5C42C(C)(C)C. The molecule has 0 bridgehead atoms. The van der Waals surface area contributed by atoms with Crippen LogP contribution in [0.2, 0.25) is 0 Å². The summed E-state index contributed by atoms with van der Waals surface area (Å²) in [4.78, 5) is 13.8. The highest BCUT2D eigenvalue weighted by atomic mass is 31.5. The molecule has 1 nitrogen and oxygen atoms in total. The van der Waals surface area contributed by atoms with E-state index in [0.717, 1.165) is 0 Å². The maximum absolute atomic E-state index is 13.8. The van der Waals surface area contributed by atoms with E-state index in [1.165, 1.54) is 0 Å². The Bertz CT molecular complexity index is 715. The summed E-state index contributed by atoms with van der Waals surface area (Å²) in [6.45, 7) is 32.3. The standard InChI is InChI=1S/C22H39OP4/c1-14(23)27-20(16(5,6)7)24-19(15(2,3)4)25(20)22(27,18(11,12)13)26(19)21(24,27)17(8,9)10/h1-13H3/q+1. The smallest absolute Gasteiger partial charge is 0.253 e. The summed E-state index contributed by atoms with van der Waals surface area (Å²) < 4.78 is 2.16. The van der Waals surface area contributed by atoms with Crippen molar-refractivity contribution in [3.05, 3.63) is 0 Å². The molecule has 5 heteroatoms. The van der Waals surface area contributed by atoms with Crippen molar-refractivity contribution in [2.75, 3.05) is 0 Å². The van der Waals surface area contributed by atoms with Gasteiger partial charge < -0.3 is 0 Å². The Kier molecular flexibility index (Phi) is 3.16. The molecule has 0 N–H and O–H groups in total. The fourth-order valence-corrected chi connectivity index (χ4v) is 65.1. The van der Waals surface area contributed by atoms with E-state index in [-0.39, 0.29) is 23.8 Å². The number of hydrogen-bond donors (Lipinski definition) is 0. The lowest BCUT2D eigenvalue weighted by Gasteiger charge is -3.19. The topological polar surface area (TPSA) is 17.1 Å². The summed E-state index contributed by atoms with van der Waals surface area (Å²) in [5.74, 6) is 0. The molecule has 0 aromatic rings. The van der Waals surface area contributed by atoms with Crippen LogP contribution in [0.15, 0.2) is 0 Å². The van der Waals surface area contributed by atoms with Crippen LogP contribution in [-0.2, 0) is 4.79 Å². The minimum Gasteiger partial charge on any atom is -0.253 e. The first-order valence-corrected chi connectivity index (χ1v) is 16.4. The van der Waals surface area contributed by atoms with Gasteiger partial charge in [0.05, 0.1) is 4.64 Å². The summed E-state index contributed by atoms with van der Waals surface area (Å²) in [6.07, 6.45) is 0. The van der Waals surface area contributed by atoms with E-state index in [1.54, 1.807) is 0 Å². The van der Waals surface area contributed by atoms with Crippen molar-refractivity contribution in [3.63, 3.8) is 0 Å². The van der Waals surface area contributed by atoms with Crippen LogP contribution >= 0.6 is 31.0 Å². The monoisotopic (exact) mass is 443 g/mol. The van der Waals surface area contributed by atoms with E-state index in [9.17, 15) is 4.79 Å². The molecule has 0 radical (unpaired) electrons. The summed E-state index contributed by atoms with van der Waals surface area (Å²) in [5, 5.41) is 0. The van der Waals surface area contributed by atoms with Gasteiger partial charge in [-0.25, -0.2) is 0 Å². The molecule has 0 amide bonds. The summed E-state index contributed by atoms with van der Waals surface area (Å²) in [5.41, 5.74) is 2.04. The van der Waals surface area contributed by atoms with E-state index in [2.05, 4.69) is 83.1 Å². The minimum absolute atomic E-state index is 0.0138. The van der Waals surface area contributed by atoms with Gasteiger partial charge in [0.1, 0.15) is 21.2 Å². The lowest BCUT2D eigenvalue weighted by atomic mass is 9.95. The average Bonchev–Trinajstić information content (AvgIpc) is 2.39. The zero-order chi connectivity index (χ0) is 20.8. The largest absolute Gasteiger partial charge is 0.268 e. The normalized spacial score (nSPS) is 56.9. The molecule has 6 aliphatic heterocycles. The number of rotatable bonds is 1. The van der Waals surface area contributed by atoms with Crippen LogP contribution in [0.1, 0.15) is 90.0 Å². The van der Waals surface area contributed by atoms with E-state index < -0.39 is 7.26 Å². The summed E-state index contributed by atoms with van der Waals surface area (Å²) >= 11 is 0. The molecule has 6 saturated heterocycles. The van der Waals surface area contributed by atoms with Crippen LogP contribution in [0.25, 0.3) is 0 Å². The zero-order valence-electron chi connectivity index (χ0n) is 19.7. The third kappa shape index (κ3) is 1.14. The van der Waals surface area contributed by atoms with Gasteiger partial charge in [0.25, 0.3) is 5.52 Å². The van der Waals surface area contributed by atoms with Gasteiger partial charge in [-0.3, -0.25) is 4.79 Å². The van der Waals surface area contributed by atoms with Gasteiger partial charge in [0, 0.05) is 46.9 Å². The van der Waals surface area contributed by atoms with Crippen molar-refractivity contribution in [1.82, 2.24) is 0 Å². The van der Waals surface area contributed by atoms with Gasteiger partial charge in [0.2, 0.25) is 0 Å². The van der Waals surface area contributed by atoms with Crippen LogP contribution in [0.3, 0.4) is 0 Å². The average molecular weight is 443 g/mol. The van der Waals surface area contributed by atoms with Gasteiger partial charge in [0.15, 0.2) is 0 Å². The highest BCUT2D eigenvalue weighted by molar-refractivity contribution is 8.60. The van der Waals surface area contributed by atoms with Gasteiger partial charge in [-0.15, -0.1) is 0 Å². The van der Waals surface area contributed by atoms with Crippen molar-refractivity contribution in [3.8, 4) is 0 Å². The van der Waals surface area contributed by atoms with Crippen LogP contribution in [0.4, 0.5) is 0 Å². The molecule has 6 fully saturated rings. The molecule has 6 aliphatic rings. The van der Waals surface area contributed by atoms with Gasteiger partial charge in [-0.2, -0.15) is 0 Å². The summed E-state index contributed by atoms with van der Waals surface area (Å²) in [7, 11) is -1.66. The minimum atomic E-state index is -1.62. The Morgan fingerprint density at radius 1 is 0.593 bits per heavy atom. The number of carbonyl (C=O) groups is 1. The van der Waals surface area contributed by atoms with Gasteiger partial charge >= 0.3 is 0 Å². The predicted molar refractivity (Wildman–Crippen MR) is 127 cm³/mol. The quantitative estimate of drug-likeness (QED) is 0.370. The molecule has 6 heterocycles. The molecule has 0 aromatic heterocycles. The molecule has 27 heavy (non-hydrogen) atoms. The molecule has 0 aliphatic carbocycles. The lowest BCUT2D eigenvalue weighted by molar-refractivity contribution is -0.110. The second-order valence-electron chi connectivity index (χ2n) is 13.7. The fourth-order valence-electron chi connectivity index (χ4n) is 9.03. The van der Waals surface area contributed by atoms with E-state index >= 15 is 0 Å². The second-order valence-corrected chi connectivity index (χ2v) is 30.0. The first-order chi connectivity index (χ1) is 11.8. The van der Waals surface area contributed by atoms with E-state index in [0.29, 0.717) is 45.7 Å². The van der Waals surface area contributed by atoms with Crippen LogP contribution < -0.4 is 0 Å². The van der Waals surface area contributed by atoms with Gasteiger partial charge in [-0.05, 0) is 5.41 Å². The Hall–Kier alpha value is 1.39. The second kappa shape index (κ2) is 4.20. The van der Waals surface area contributed by atoms with Crippen molar-refractivity contribution in [2.24, 2.45) is 21.7 Å². The first-order valence-electron chi connectivity index (χ1n) is 10.6. The Balaban J connectivity index is 1.87. The van der Waals surface area contributed by atoms with Crippen LogP contribution in [-0.4, -0.2) is 24.1 Å². The molecule has 152 valence electrons. The predicted octanol–water partition coefficient (Wildman–Crippen LogP) is 8.86. The Morgan fingerprint density at radius 3 is 1.00 bits per heavy atom. The molecule has 0 atom stereocenters. The van der Waals surface area contributed by atoms with Crippen molar-refractivity contribution in [1.29, 1.82) is 0 Å². The van der Waals surface area contributed by atoms with E-state index in [1.807, 2.05) is 6.92 Å². The first kappa shape index (κ1) is 20.3. The highest BCUT2D eigenvalue weighted by Crippen LogP contribution is 3.59. The molecular weight excluding hydrogens is 404 g/mol. The van der Waals surface area contributed by atoms with Crippen molar-refractivity contribution >= 4 is 36.6 Å². The molecular formula is C22H39OP4+. The number of carbonyl (C=O) groups excluding carboxylic acids is 1. The zero-order valence-corrected chi connectivity index (χ0v) is 23.3. The van der Waals surface area contributed by atoms with Gasteiger partial charge in [-0.1, -0.05) is 83.1 Å². The Morgan fingerprint density at radius 2 is 0.852 bits per heavy atom. The molecule has 0 saturated carbocycles. The lowest BCUT2D eigenvalue weighted by Crippen LogP contribution is -3.05. The highest BCUT2D eigenvalue weighted by Gasteiger charge is 3.36. The maximum atomic E-state index is 13.8. The third-order valence-electron chi connectivity index (χ3n) is 8.71. The van der Waals surface area contributed by atoms with Crippen molar-refractivity contribution < 1.29 is 4.79 Å². The molecule has 6 rings (SSSR count). The Labute approximate surface area is 171 Å². The van der Waals surface area contributed by atoms with E-state index in [4.69, 9.17) is 0 Å². The maximum Gasteiger partial charge on any atom is 0.268 e. The summed E-state index contributed by atoms with van der Waals surface area (Å²) in [6, 6.07) is 0. The van der Waals surface area contributed by atoms with Crippen LogP contribution in [0.5, 0.6) is 0 Å². The number of hydrogen-bond acceptors (Lipinski definition) is 1. The van der Waals surface area contributed by atoms with Crippen molar-refractivity contribution in [2.45, 2.75) is 109 Å². The third-order valence-corrected chi connectivity index (χ3v) is 42.3. The van der Waals surface area contributed by atoms with Crippen LogP contribution in [0, 0.1) is 21.7 Å². The fraction of sp³-hybridized carbons (Fsp3) is 0.955. The molecule has 0 aromatic carbocycles.